The molecule has 5 nitrogen and oxygen atoms in total. The van der Waals surface area contributed by atoms with E-state index >= 15 is 0 Å². The third-order valence-corrected chi connectivity index (χ3v) is 5.79. The highest BCUT2D eigenvalue weighted by atomic mass is 32.2. The number of ketones is 1. The SMILES string of the molecule is Cc1ccc(C)c(C(=O)COC(=O)c2ccccc2SCc2c(C)noc2C)c1. The number of hydrogen-bond donors (Lipinski definition) is 0. The zero-order valence-electron chi connectivity index (χ0n) is 16.9. The maximum absolute atomic E-state index is 12.6. The van der Waals surface area contributed by atoms with Crippen LogP contribution in [0.1, 0.15) is 48.9 Å². The van der Waals surface area contributed by atoms with Crippen molar-refractivity contribution in [2.24, 2.45) is 0 Å². The number of rotatable bonds is 7. The maximum Gasteiger partial charge on any atom is 0.339 e. The van der Waals surface area contributed by atoms with E-state index in [2.05, 4.69) is 5.16 Å². The minimum atomic E-state index is -0.509. The lowest BCUT2D eigenvalue weighted by Crippen LogP contribution is -2.16. The van der Waals surface area contributed by atoms with E-state index in [4.69, 9.17) is 9.26 Å². The van der Waals surface area contributed by atoms with E-state index in [-0.39, 0.29) is 12.4 Å². The number of thioether (sulfide) groups is 1. The Labute approximate surface area is 174 Å². The third-order valence-electron chi connectivity index (χ3n) is 4.69. The highest BCUT2D eigenvalue weighted by Crippen LogP contribution is 2.29. The molecule has 1 aromatic heterocycles. The van der Waals surface area contributed by atoms with Crippen molar-refractivity contribution in [3.05, 3.63) is 81.7 Å². The number of aromatic nitrogens is 1. The average molecular weight is 410 g/mol. The molecule has 0 N–H and O–H groups in total. The summed E-state index contributed by atoms with van der Waals surface area (Å²) in [7, 11) is 0. The van der Waals surface area contributed by atoms with Gasteiger partial charge in [-0.2, -0.15) is 0 Å². The molecule has 0 bridgehead atoms. The zero-order valence-corrected chi connectivity index (χ0v) is 17.8. The summed E-state index contributed by atoms with van der Waals surface area (Å²) in [6.07, 6.45) is 0. The first-order valence-electron chi connectivity index (χ1n) is 9.28. The molecule has 6 heteroatoms. The predicted octanol–water partition coefficient (Wildman–Crippen LogP) is 5.24. The average Bonchev–Trinajstić information content (AvgIpc) is 3.03. The van der Waals surface area contributed by atoms with E-state index in [0.717, 1.165) is 33.0 Å². The number of ether oxygens (including phenoxy) is 1. The van der Waals surface area contributed by atoms with Gasteiger partial charge in [0.25, 0.3) is 0 Å². The summed E-state index contributed by atoms with van der Waals surface area (Å²) < 4.78 is 10.5. The van der Waals surface area contributed by atoms with Crippen LogP contribution in [0.15, 0.2) is 51.9 Å². The van der Waals surface area contributed by atoms with Crippen LogP contribution in [-0.2, 0) is 10.5 Å². The van der Waals surface area contributed by atoms with Gasteiger partial charge in [0.2, 0.25) is 5.78 Å². The van der Waals surface area contributed by atoms with Gasteiger partial charge in [-0.05, 0) is 51.5 Å². The molecule has 0 aliphatic rings. The fourth-order valence-corrected chi connectivity index (χ4v) is 4.14. The Morgan fingerprint density at radius 1 is 1.03 bits per heavy atom. The Bertz CT molecular complexity index is 1040. The number of nitrogens with zero attached hydrogens (tertiary/aromatic N) is 1. The molecular formula is C23H23NO4S. The summed E-state index contributed by atoms with van der Waals surface area (Å²) in [5.41, 5.74) is 4.74. The van der Waals surface area contributed by atoms with Crippen molar-refractivity contribution in [1.29, 1.82) is 0 Å². The minimum Gasteiger partial charge on any atom is -0.454 e. The molecule has 0 aliphatic carbocycles. The second kappa shape index (κ2) is 9.09. The van der Waals surface area contributed by atoms with Crippen molar-refractivity contribution in [2.45, 2.75) is 38.3 Å². The Morgan fingerprint density at radius 3 is 2.52 bits per heavy atom. The van der Waals surface area contributed by atoms with Gasteiger partial charge in [0.1, 0.15) is 5.76 Å². The van der Waals surface area contributed by atoms with Gasteiger partial charge < -0.3 is 9.26 Å². The van der Waals surface area contributed by atoms with E-state index in [0.29, 0.717) is 16.9 Å². The van der Waals surface area contributed by atoms with Crippen molar-refractivity contribution in [3.63, 3.8) is 0 Å². The zero-order chi connectivity index (χ0) is 21.0. The lowest BCUT2D eigenvalue weighted by molar-refractivity contribution is 0.0471. The van der Waals surface area contributed by atoms with E-state index in [1.165, 1.54) is 11.8 Å². The number of carbonyl (C=O) groups is 2. The Balaban J connectivity index is 1.68. The van der Waals surface area contributed by atoms with Crippen LogP contribution in [0, 0.1) is 27.7 Å². The number of aryl methyl sites for hydroxylation is 4. The van der Waals surface area contributed by atoms with Gasteiger partial charge in [0, 0.05) is 21.8 Å². The van der Waals surface area contributed by atoms with E-state index in [1.807, 2.05) is 58.0 Å². The summed E-state index contributed by atoms with van der Waals surface area (Å²) >= 11 is 1.51. The Hall–Kier alpha value is -2.86. The fraction of sp³-hybridized carbons (Fsp3) is 0.261. The molecule has 0 radical (unpaired) electrons. The number of esters is 1. The molecule has 0 spiro atoms. The molecule has 0 fully saturated rings. The van der Waals surface area contributed by atoms with Crippen LogP contribution < -0.4 is 0 Å². The molecule has 29 heavy (non-hydrogen) atoms. The van der Waals surface area contributed by atoms with Gasteiger partial charge in [-0.25, -0.2) is 4.79 Å². The topological polar surface area (TPSA) is 69.4 Å². The molecule has 150 valence electrons. The first-order valence-corrected chi connectivity index (χ1v) is 10.3. The first kappa shape index (κ1) is 20.9. The number of hydrogen-bond acceptors (Lipinski definition) is 6. The highest BCUT2D eigenvalue weighted by molar-refractivity contribution is 7.98. The van der Waals surface area contributed by atoms with Gasteiger partial charge in [0.15, 0.2) is 6.61 Å². The van der Waals surface area contributed by atoms with Crippen LogP contribution in [0.3, 0.4) is 0 Å². The summed E-state index contributed by atoms with van der Waals surface area (Å²) in [6, 6.07) is 12.9. The lowest BCUT2D eigenvalue weighted by atomic mass is 10.0. The molecule has 0 aliphatic heterocycles. The highest BCUT2D eigenvalue weighted by Gasteiger charge is 2.17. The summed E-state index contributed by atoms with van der Waals surface area (Å²) in [5.74, 6) is 0.687. The van der Waals surface area contributed by atoms with Crippen LogP contribution in [0.5, 0.6) is 0 Å². The van der Waals surface area contributed by atoms with Gasteiger partial charge in [0.05, 0.1) is 11.3 Å². The number of Topliss-reactive ketones (excluding diaryl/α,β-unsaturated/α-hetero) is 1. The van der Waals surface area contributed by atoms with Crippen molar-refractivity contribution in [2.75, 3.05) is 6.61 Å². The smallest absolute Gasteiger partial charge is 0.339 e. The van der Waals surface area contributed by atoms with Crippen molar-refractivity contribution in [1.82, 2.24) is 5.16 Å². The largest absolute Gasteiger partial charge is 0.454 e. The summed E-state index contributed by atoms with van der Waals surface area (Å²) in [6.45, 7) is 7.27. The Kier molecular flexibility index (Phi) is 6.54. The molecule has 2 aromatic carbocycles. The quantitative estimate of drug-likeness (QED) is 0.302. The first-order chi connectivity index (χ1) is 13.9. The standard InChI is InChI=1S/C23H23NO4S/c1-14-9-10-15(2)19(11-14)21(25)12-27-23(26)18-7-5-6-8-22(18)29-13-20-16(3)24-28-17(20)4/h5-11H,12-13H2,1-4H3. The van der Waals surface area contributed by atoms with Crippen molar-refractivity contribution >= 4 is 23.5 Å². The van der Waals surface area contributed by atoms with Crippen molar-refractivity contribution < 1.29 is 18.8 Å². The van der Waals surface area contributed by atoms with Gasteiger partial charge in [-0.1, -0.05) is 35.0 Å². The fourth-order valence-electron chi connectivity index (χ4n) is 2.94. The second-order valence-corrected chi connectivity index (χ2v) is 7.92. The second-order valence-electron chi connectivity index (χ2n) is 6.91. The lowest BCUT2D eigenvalue weighted by Gasteiger charge is -2.10. The van der Waals surface area contributed by atoms with Crippen LogP contribution in [0.25, 0.3) is 0 Å². The molecule has 3 rings (SSSR count). The van der Waals surface area contributed by atoms with Crippen LogP contribution in [-0.4, -0.2) is 23.5 Å². The molecule has 1 heterocycles. The molecule has 0 amide bonds. The normalized spacial score (nSPS) is 10.8. The molecule has 3 aromatic rings. The molecule has 0 unspecified atom stereocenters. The van der Waals surface area contributed by atoms with E-state index in [1.54, 1.807) is 12.1 Å². The van der Waals surface area contributed by atoms with Gasteiger partial charge in [-0.3, -0.25) is 4.79 Å². The number of benzene rings is 2. The predicted molar refractivity (Wildman–Crippen MR) is 113 cm³/mol. The molecule has 0 saturated carbocycles. The maximum atomic E-state index is 12.6. The Morgan fingerprint density at radius 2 is 1.79 bits per heavy atom. The van der Waals surface area contributed by atoms with Crippen LogP contribution in [0.4, 0.5) is 0 Å². The summed E-state index contributed by atoms with van der Waals surface area (Å²) in [5, 5.41) is 3.96. The van der Waals surface area contributed by atoms with Gasteiger partial charge in [-0.15, -0.1) is 11.8 Å². The monoisotopic (exact) mass is 409 g/mol. The molecule has 0 saturated heterocycles. The summed E-state index contributed by atoms with van der Waals surface area (Å²) in [4.78, 5) is 25.9. The number of carbonyl (C=O) groups excluding carboxylic acids is 2. The molecular weight excluding hydrogens is 386 g/mol. The van der Waals surface area contributed by atoms with Crippen LogP contribution in [0.2, 0.25) is 0 Å². The van der Waals surface area contributed by atoms with Gasteiger partial charge >= 0.3 is 5.97 Å². The third kappa shape index (κ3) is 4.95. The van der Waals surface area contributed by atoms with Crippen LogP contribution >= 0.6 is 11.8 Å². The molecule has 0 atom stereocenters. The minimum absolute atomic E-state index is 0.208. The van der Waals surface area contributed by atoms with Crippen molar-refractivity contribution in [3.8, 4) is 0 Å². The van der Waals surface area contributed by atoms with E-state index < -0.39 is 5.97 Å². The van der Waals surface area contributed by atoms with E-state index in [9.17, 15) is 9.59 Å².